The monoisotopic (exact) mass is 518 g/mol. The van der Waals surface area contributed by atoms with Crippen LogP contribution in [-0.2, 0) is 17.4 Å². The number of aliphatic hydroxyl groups is 1. The minimum Gasteiger partial charge on any atom is -0.356 e. The van der Waals surface area contributed by atoms with Crippen molar-refractivity contribution in [2.75, 3.05) is 24.3 Å². The number of thiophene rings is 1. The maximum absolute atomic E-state index is 14.4. The zero-order chi connectivity index (χ0) is 24.9. The summed E-state index contributed by atoms with van der Waals surface area (Å²) in [6.07, 6.45) is -6.58. The number of fused-ring (bicyclic) bond motifs is 1. The Morgan fingerprint density at radius 2 is 1.88 bits per heavy atom. The van der Waals surface area contributed by atoms with Crippen molar-refractivity contribution in [2.45, 2.75) is 18.9 Å². The van der Waals surface area contributed by atoms with Gasteiger partial charge in [0, 0.05) is 25.0 Å². The minimum atomic E-state index is -5.23. The van der Waals surface area contributed by atoms with Crippen molar-refractivity contribution < 1.29 is 36.6 Å². The Labute approximate surface area is 197 Å². The van der Waals surface area contributed by atoms with Gasteiger partial charge in [0.2, 0.25) is 12.3 Å². The number of thiazole rings is 1. The van der Waals surface area contributed by atoms with E-state index in [0.717, 1.165) is 22.3 Å². The van der Waals surface area contributed by atoms with E-state index in [9.17, 15) is 36.6 Å². The van der Waals surface area contributed by atoms with E-state index in [0.29, 0.717) is 16.6 Å². The van der Waals surface area contributed by atoms with Crippen molar-refractivity contribution in [3.05, 3.63) is 51.2 Å². The number of nitrogens with zero attached hydrogens (tertiary/aromatic N) is 3. The van der Waals surface area contributed by atoms with Crippen LogP contribution in [0.15, 0.2) is 22.9 Å². The molecular weight excluding hydrogens is 503 g/mol. The third-order valence-electron chi connectivity index (χ3n) is 5.15. The first-order valence-electron chi connectivity index (χ1n) is 9.49. The molecule has 2 N–H and O–H groups in total. The number of aromatic nitrogens is 1. The molecule has 2 aromatic heterocycles. The summed E-state index contributed by atoms with van der Waals surface area (Å²) < 4.78 is 66.9. The SMILES string of the molecule is CN1C(=O)c2c(CC(=O)Nc3nc(-c4ccc(F)c(C(F)(F)F)c4F)cs3)csc2N(C)C1O. The third-order valence-corrected chi connectivity index (χ3v) is 7.02. The molecule has 1 unspecified atom stereocenters. The highest BCUT2D eigenvalue weighted by atomic mass is 32.1. The summed E-state index contributed by atoms with van der Waals surface area (Å²) in [6.45, 7) is 0. The quantitative estimate of drug-likeness (QED) is 0.507. The van der Waals surface area contributed by atoms with Crippen molar-refractivity contribution in [2.24, 2.45) is 0 Å². The number of hydrogen-bond acceptors (Lipinski definition) is 7. The van der Waals surface area contributed by atoms with E-state index in [-0.39, 0.29) is 22.8 Å². The summed E-state index contributed by atoms with van der Waals surface area (Å²) in [5, 5.41) is 15.9. The second kappa shape index (κ2) is 8.60. The average Bonchev–Trinajstić information content (AvgIpc) is 3.37. The van der Waals surface area contributed by atoms with Gasteiger partial charge in [-0.25, -0.2) is 13.8 Å². The molecule has 2 amide bonds. The Balaban J connectivity index is 1.53. The Kier molecular flexibility index (Phi) is 6.08. The summed E-state index contributed by atoms with van der Waals surface area (Å²) in [5.74, 6) is -4.56. The smallest absolute Gasteiger partial charge is 0.356 e. The maximum atomic E-state index is 14.4. The molecule has 14 heteroatoms. The van der Waals surface area contributed by atoms with E-state index in [1.807, 2.05) is 0 Å². The zero-order valence-electron chi connectivity index (χ0n) is 17.4. The molecule has 4 rings (SSSR count). The lowest BCUT2D eigenvalue weighted by Gasteiger charge is -2.36. The highest BCUT2D eigenvalue weighted by molar-refractivity contribution is 7.15. The molecule has 0 radical (unpaired) electrons. The van der Waals surface area contributed by atoms with Gasteiger partial charge in [0.15, 0.2) is 5.13 Å². The molecule has 0 saturated carbocycles. The standard InChI is InChI=1S/C20H15F5N4O3S2/c1-28-16(31)13-8(6-33-17(13)29(2)19(28)32)5-12(30)27-18-26-11(7-34-18)9-3-4-10(21)14(15(9)22)20(23,24)25/h3-4,6-7,19,32H,5H2,1-2H3,(H,26,27,30). The van der Waals surface area contributed by atoms with Crippen LogP contribution < -0.4 is 10.2 Å². The van der Waals surface area contributed by atoms with Crippen molar-refractivity contribution in [3.63, 3.8) is 0 Å². The molecule has 7 nitrogen and oxygen atoms in total. The average molecular weight is 518 g/mol. The van der Waals surface area contributed by atoms with E-state index in [1.165, 1.54) is 28.7 Å². The normalized spacial score (nSPS) is 16.1. The number of rotatable bonds is 4. The van der Waals surface area contributed by atoms with Crippen LogP contribution in [0.3, 0.4) is 0 Å². The fraction of sp³-hybridized carbons (Fsp3) is 0.250. The number of carbonyl (C=O) groups is 2. The Hall–Kier alpha value is -3.10. The number of halogens is 5. The molecule has 0 saturated heterocycles. The molecule has 1 aliphatic heterocycles. The van der Waals surface area contributed by atoms with Gasteiger partial charge >= 0.3 is 6.18 Å². The number of benzene rings is 1. The molecule has 0 fully saturated rings. The first-order chi connectivity index (χ1) is 15.9. The molecule has 1 atom stereocenters. The molecule has 3 aromatic rings. The van der Waals surface area contributed by atoms with Gasteiger partial charge < -0.3 is 15.3 Å². The second-order valence-electron chi connectivity index (χ2n) is 7.36. The van der Waals surface area contributed by atoms with Crippen LogP contribution >= 0.6 is 22.7 Å². The third kappa shape index (κ3) is 4.12. The highest BCUT2D eigenvalue weighted by Crippen LogP contribution is 2.39. The van der Waals surface area contributed by atoms with Crippen LogP contribution in [-0.4, -0.2) is 47.3 Å². The van der Waals surface area contributed by atoms with Gasteiger partial charge in [0.05, 0.1) is 17.7 Å². The minimum absolute atomic E-state index is 0.0163. The first kappa shape index (κ1) is 24.0. The van der Waals surface area contributed by atoms with Crippen LogP contribution in [0.1, 0.15) is 21.5 Å². The lowest BCUT2D eigenvalue weighted by Crippen LogP contribution is -2.51. The molecule has 0 bridgehead atoms. The van der Waals surface area contributed by atoms with E-state index in [4.69, 9.17) is 0 Å². The van der Waals surface area contributed by atoms with E-state index >= 15 is 0 Å². The van der Waals surface area contributed by atoms with Crippen molar-refractivity contribution in [3.8, 4) is 11.3 Å². The lowest BCUT2D eigenvalue weighted by molar-refractivity contribution is -0.142. The van der Waals surface area contributed by atoms with E-state index in [2.05, 4.69) is 10.3 Å². The molecule has 180 valence electrons. The molecular formula is C20H15F5N4O3S2. The largest absolute Gasteiger partial charge is 0.422 e. The van der Waals surface area contributed by atoms with Crippen LogP contribution in [0.25, 0.3) is 11.3 Å². The van der Waals surface area contributed by atoms with Gasteiger partial charge in [-0.15, -0.1) is 22.7 Å². The van der Waals surface area contributed by atoms with Gasteiger partial charge in [-0.05, 0) is 23.1 Å². The number of alkyl halides is 3. The number of aliphatic hydroxyl groups excluding tert-OH is 1. The van der Waals surface area contributed by atoms with Crippen LogP contribution in [0.5, 0.6) is 0 Å². The van der Waals surface area contributed by atoms with Crippen molar-refractivity contribution >= 4 is 44.6 Å². The van der Waals surface area contributed by atoms with E-state index in [1.54, 1.807) is 12.4 Å². The molecule has 1 aromatic carbocycles. The van der Waals surface area contributed by atoms with Gasteiger partial charge in [0.1, 0.15) is 22.2 Å². The number of anilines is 2. The zero-order valence-corrected chi connectivity index (χ0v) is 19.0. The topological polar surface area (TPSA) is 85.8 Å². The summed E-state index contributed by atoms with van der Waals surface area (Å²) in [4.78, 5) is 31.7. The number of amides is 2. The molecule has 0 spiro atoms. The predicted molar refractivity (Wildman–Crippen MR) is 116 cm³/mol. The Bertz CT molecular complexity index is 1290. The highest BCUT2D eigenvalue weighted by Gasteiger charge is 2.39. The van der Waals surface area contributed by atoms with Gasteiger partial charge in [-0.3, -0.25) is 14.5 Å². The Morgan fingerprint density at radius 3 is 2.56 bits per heavy atom. The molecule has 3 heterocycles. The first-order valence-corrected chi connectivity index (χ1v) is 11.3. The summed E-state index contributed by atoms with van der Waals surface area (Å²) in [6, 6.07) is 1.34. The van der Waals surface area contributed by atoms with Crippen molar-refractivity contribution in [1.82, 2.24) is 9.88 Å². The maximum Gasteiger partial charge on any atom is 0.422 e. The van der Waals surface area contributed by atoms with E-state index < -0.39 is 47.1 Å². The second-order valence-corrected chi connectivity index (χ2v) is 9.08. The fourth-order valence-corrected chi connectivity index (χ4v) is 5.23. The lowest BCUT2D eigenvalue weighted by atomic mass is 10.1. The van der Waals surface area contributed by atoms with Crippen molar-refractivity contribution in [1.29, 1.82) is 0 Å². The fourth-order valence-electron chi connectivity index (χ4n) is 3.45. The number of hydrogen-bond donors (Lipinski definition) is 2. The summed E-state index contributed by atoms with van der Waals surface area (Å²) >= 11 is 2.03. The summed E-state index contributed by atoms with van der Waals surface area (Å²) in [7, 11) is 3.02. The number of nitrogens with one attached hydrogen (secondary N) is 1. The predicted octanol–water partition coefficient (Wildman–Crippen LogP) is 4.15. The number of carbonyl (C=O) groups excluding carboxylic acids is 2. The molecule has 34 heavy (non-hydrogen) atoms. The van der Waals surface area contributed by atoms with Gasteiger partial charge in [-0.2, -0.15) is 13.2 Å². The van der Waals surface area contributed by atoms with Crippen LogP contribution in [0, 0.1) is 11.6 Å². The van der Waals surface area contributed by atoms with Gasteiger partial charge in [-0.1, -0.05) is 0 Å². The van der Waals surface area contributed by atoms with Gasteiger partial charge in [0.25, 0.3) is 5.91 Å². The van der Waals surface area contributed by atoms with Crippen LogP contribution in [0.4, 0.5) is 32.1 Å². The Morgan fingerprint density at radius 1 is 1.18 bits per heavy atom. The van der Waals surface area contributed by atoms with Crippen LogP contribution in [0.2, 0.25) is 0 Å². The molecule has 0 aliphatic carbocycles. The summed E-state index contributed by atoms with van der Waals surface area (Å²) in [5.41, 5.74) is -2.08. The molecule has 1 aliphatic rings.